The Morgan fingerprint density at radius 1 is 1.44 bits per heavy atom. The number of benzene rings is 1. The van der Waals surface area contributed by atoms with Crippen molar-refractivity contribution < 1.29 is 8.78 Å². The van der Waals surface area contributed by atoms with Crippen molar-refractivity contribution in [2.45, 2.75) is 13.3 Å². The van der Waals surface area contributed by atoms with E-state index in [2.05, 4.69) is 10.1 Å². The zero-order chi connectivity index (χ0) is 11.7. The first kappa shape index (κ1) is 10.5. The molecule has 6 heteroatoms. The lowest BCUT2D eigenvalue weighted by molar-refractivity contribution is 0.139. The minimum absolute atomic E-state index is 0.281. The van der Waals surface area contributed by atoms with Crippen LogP contribution in [0.2, 0.25) is 0 Å². The van der Waals surface area contributed by atoms with Crippen LogP contribution in [-0.4, -0.2) is 15.4 Å². The first-order valence-corrected chi connectivity index (χ1v) is 4.65. The molecule has 0 radical (unpaired) electrons. The maximum Gasteiger partial charge on any atom is 0.296 e. The summed E-state index contributed by atoms with van der Waals surface area (Å²) in [6, 6.07) is 6.85. The molecule has 1 heterocycles. The van der Waals surface area contributed by atoms with Gasteiger partial charge in [-0.3, -0.25) is 4.57 Å². The molecule has 0 saturated heterocycles. The molecule has 0 bridgehead atoms. The van der Waals surface area contributed by atoms with Gasteiger partial charge in [0.05, 0.1) is 11.0 Å². The molecule has 0 amide bonds. The summed E-state index contributed by atoms with van der Waals surface area (Å²) in [5.41, 5.74) is 1.07. The molecular weight excluding hydrogens is 214 g/mol. The number of halogens is 2. The molecule has 0 aliphatic rings. The molecule has 0 fully saturated rings. The highest BCUT2D eigenvalue weighted by Gasteiger charge is 2.19. The highest BCUT2D eigenvalue weighted by Crippen LogP contribution is 2.23. The molecule has 0 unspecified atom stereocenters. The van der Waals surface area contributed by atoms with Crippen LogP contribution in [0, 0.1) is 0 Å². The molecule has 0 atom stereocenters. The van der Waals surface area contributed by atoms with Crippen LogP contribution in [0.1, 0.15) is 19.2 Å². The average molecular weight is 224 g/mol. The monoisotopic (exact) mass is 224 g/mol. The van der Waals surface area contributed by atoms with Gasteiger partial charge >= 0.3 is 0 Å². The Bertz CT molecular complexity index is 545. The summed E-state index contributed by atoms with van der Waals surface area (Å²) in [4.78, 5) is 3.86. The third kappa shape index (κ3) is 1.52. The third-order valence-electron chi connectivity index (χ3n) is 2.29. The smallest absolute Gasteiger partial charge is 0.296 e. The number of imidazole rings is 1. The minimum atomic E-state index is -2.66. The van der Waals surface area contributed by atoms with Gasteiger partial charge in [0, 0.05) is 0 Å². The van der Waals surface area contributed by atoms with E-state index in [0.29, 0.717) is 11.0 Å². The van der Waals surface area contributed by atoms with Crippen molar-refractivity contribution in [3.8, 4) is 0 Å². The van der Waals surface area contributed by atoms with Gasteiger partial charge in [-0.1, -0.05) is 12.1 Å². The number of para-hydroxylation sites is 2. The van der Waals surface area contributed by atoms with Gasteiger partial charge in [0.1, 0.15) is 5.84 Å². The van der Waals surface area contributed by atoms with E-state index in [9.17, 15) is 8.78 Å². The maximum absolute atomic E-state index is 12.8. The van der Waals surface area contributed by atoms with Gasteiger partial charge in [0.15, 0.2) is 5.82 Å². The summed E-state index contributed by atoms with van der Waals surface area (Å²) < 4.78 is 26.8. The second-order valence-electron chi connectivity index (χ2n) is 3.27. The number of hydrogen-bond donors (Lipinski definition) is 1. The van der Waals surface area contributed by atoms with E-state index in [1.165, 1.54) is 4.57 Å². The van der Waals surface area contributed by atoms with Gasteiger partial charge in [-0.25, -0.2) is 13.8 Å². The van der Waals surface area contributed by atoms with Crippen molar-refractivity contribution in [3.63, 3.8) is 0 Å². The molecule has 84 valence electrons. The normalized spacial score (nSPS) is 12.6. The molecule has 2 aromatic rings. The Kier molecular flexibility index (Phi) is 2.55. The van der Waals surface area contributed by atoms with Crippen LogP contribution in [0.5, 0.6) is 0 Å². The van der Waals surface area contributed by atoms with Crippen molar-refractivity contribution >= 4 is 16.9 Å². The first-order valence-electron chi connectivity index (χ1n) is 4.65. The molecule has 1 aromatic heterocycles. The lowest BCUT2D eigenvalue weighted by Gasteiger charge is -2.06. The molecule has 0 aliphatic heterocycles. The quantitative estimate of drug-likeness (QED) is 0.349. The topological polar surface area (TPSA) is 56.2 Å². The molecular formula is C10H10F2N4. The number of alkyl halides is 2. The fourth-order valence-electron chi connectivity index (χ4n) is 1.59. The summed E-state index contributed by atoms with van der Waals surface area (Å²) in [6.45, 7) is 1.56. The number of hydrogen-bond acceptors (Lipinski definition) is 3. The lowest BCUT2D eigenvalue weighted by Crippen LogP contribution is -2.13. The second-order valence-corrected chi connectivity index (χ2v) is 3.27. The molecule has 4 nitrogen and oxygen atoms in total. The van der Waals surface area contributed by atoms with E-state index >= 15 is 0 Å². The standard InChI is InChI=1S/C10H10F2N4/c1-6(15-13)16-8-5-3-2-4-7(8)14-10(16)9(11)12/h2-5,9H,13H2,1H3/b15-6+. The molecule has 2 rings (SSSR count). The van der Waals surface area contributed by atoms with Crippen LogP contribution in [0.15, 0.2) is 29.4 Å². The lowest BCUT2D eigenvalue weighted by atomic mass is 10.3. The predicted molar refractivity (Wildman–Crippen MR) is 57.4 cm³/mol. The summed E-state index contributed by atoms with van der Waals surface area (Å²) in [5, 5.41) is 3.43. The number of fused-ring (bicyclic) bond motifs is 1. The number of hydrazone groups is 1. The summed E-state index contributed by atoms with van der Waals surface area (Å²) in [7, 11) is 0. The average Bonchev–Trinajstić information content (AvgIpc) is 2.67. The van der Waals surface area contributed by atoms with E-state index in [1.54, 1.807) is 31.2 Å². The highest BCUT2D eigenvalue weighted by molar-refractivity contribution is 5.92. The number of nitrogens with zero attached hydrogens (tertiary/aromatic N) is 3. The highest BCUT2D eigenvalue weighted by atomic mass is 19.3. The van der Waals surface area contributed by atoms with Gasteiger partial charge < -0.3 is 5.84 Å². The minimum Gasteiger partial charge on any atom is -0.322 e. The Labute approximate surface area is 90.4 Å². The first-order chi connectivity index (χ1) is 7.65. The van der Waals surface area contributed by atoms with Crippen LogP contribution < -0.4 is 5.84 Å². The number of nitrogens with two attached hydrogens (primary N) is 1. The molecule has 16 heavy (non-hydrogen) atoms. The molecule has 0 saturated carbocycles. The van der Waals surface area contributed by atoms with Crippen molar-refractivity contribution in [2.24, 2.45) is 10.9 Å². The van der Waals surface area contributed by atoms with Gasteiger partial charge in [-0.05, 0) is 19.1 Å². The van der Waals surface area contributed by atoms with Crippen LogP contribution in [0.25, 0.3) is 11.0 Å². The summed E-state index contributed by atoms with van der Waals surface area (Å²) in [5.74, 6) is 5.06. The summed E-state index contributed by atoms with van der Waals surface area (Å²) in [6.07, 6.45) is -2.66. The zero-order valence-corrected chi connectivity index (χ0v) is 8.56. The second kappa shape index (κ2) is 3.88. The Morgan fingerprint density at radius 3 is 2.75 bits per heavy atom. The van der Waals surface area contributed by atoms with Crippen LogP contribution in [0.4, 0.5) is 8.78 Å². The third-order valence-corrected chi connectivity index (χ3v) is 2.29. The Hall–Kier alpha value is -1.98. The van der Waals surface area contributed by atoms with Crippen molar-refractivity contribution in [1.29, 1.82) is 0 Å². The largest absolute Gasteiger partial charge is 0.322 e. The molecule has 2 N–H and O–H groups in total. The SMILES string of the molecule is C/C(=N\N)n1c(C(F)F)nc2ccccc21. The van der Waals surface area contributed by atoms with Gasteiger partial charge in [0.2, 0.25) is 0 Å². The Balaban J connectivity index is 2.79. The van der Waals surface area contributed by atoms with Crippen molar-refractivity contribution in [3.05, 3.63) is 30.1 Å². The molecule has 1 aromatic carbocycles. The van der Waals surface area contributed by atoms with E-state index in [0.717, 1.165) is 0 Å². The van der Waals surface area contributed by atoms with Crippen LogP contribution >= 0.6 is 0 Å². The van der Waals surface area contributed by atoms with E-state index < -0.39 is 6.43 Å². The van der Waals surface area contributed by atoms with Crippen LogP contribution in [0.3, 0.4) is 0 Å². The van der Waals surface area contributed by atoms with E-state index in [-0.39, 0.29) is 11.7 Å². The fraction of sp³-hybridized carbons (Fsp3) is 0.200. The van der Waals surface area contributed by atoms with Crippen LogP contribution in [-0.2, 0) is 0 Å². The number of rotatable bonds is 1. The van der Waals surface area contributed by atoms with Crippen molar-refractivity contribution in [2.75, 3.05) is 0 Å². The molecule has 0 spiro atoms. The number of aromatic nitrogens is 2. The summed E-state index contributed by atoms with van der Waals surface area (Å²) >= 11 is 0. The van der Waals surface area contributed by atoms with Gasteiger partial charge in [-0.15, -0.1) is 0 Å². The fourth-order valence-corrected chi connectivity index (χ4v) is 1.59. The van der Waals surface area contributed by atoms with Gasteiger partial charge in [-0.2, -0.15) is 5.10 Å². The van der Waals surface area contributed by atoms with E-state index in [4.69, 9.17) is 5.84 Å². The Morgan fingerprint density at radius 2 is 2.12 bits per heavy atom. The maximum atomic E-state index is 12.8. The molecule has 0 aliphatic carbocycles. The van der Waals surface area contributed by atoms with E-state index in [1.807, 2.05) is 0 Å². The van der Waals surface area contributed by atoms with Crippen molar-refractivity contribution in [1.82, 2.24) is 9.55 Å². The predicted octanol–water partition coefficient (Wildman–Crippen LogP) is 2.11. The van der Waals surface area contributed by atoms with Gasteiger partial charge in [0.25, 0.3) is 6.43 Å². The zero-order valence-electron chi connectivity index (χ0n) is 8.56.